The fourth-order valence-corrected chi connectivity index (χ4v) is 11.3. The van der Waals surface area contributed by atoms with Crippen LogP contribution in [-0.2, 0) is 5.41 Å². The number of benzene rings is 9. The maximum atomic E-state index is 2.47. The Bertz CT molecular complexity index is 3390. The molecule has 0 bridgehead atoms. The molecule has 3 heteroatoms. The zero-order chi connectivity index (χ0) is 40.0. The summed E-state index contributed by atoms with van der Waals surface area (Å²) in [4.78, 5) is 2.32. The molecule has 2 aromatic heterocycles. The molecular weight excluding hydrogens is 745 g/mol. The van der Waals surface area contributed by atoms with E-state index in [0.29, 0.717) is 0 Å². The first kappa shape index (κ1) is 34.8. The minimum absolute atomic E-state index is 0.0777. The number of fused-ring (bicyclic) bond motifs is 9. The van der Waals surface area contributed by atoms with Crippen molar-refractivity contribution in [2.75, 3.05) is 4.90 Å². The van der Waals surface area contributed by atoms with Crippen LogP contribution in [0.2, 0.25) is 0 Å². The highest BCUT2D eigenvalue weighted by atomic mass is 32.1. The van der Waals surface area contributed by atoms with E-state index in [1.165, 1.54) is 92.2 Å². The van der Waals surface area contributed by atoms with E-state index in [1.807, 2.05) is 11.3 Å². The fraction of sp³-hybridized carbons (Fsp3) is 0.0526. The van der Waals surface area contributed by atoms with Gasteiger partial charge >= 0.3 is 0 Å². The molecule has 60 heavy (non-hydrogen) atoms. The number of rotatable bonds is 6. The first-order valence-corrected chi connectivity index (χ1v) is 21.6. The largest absolute Gasteiger partial charge is 0.311 e. The number of hydrogen-bond acceptors (Lipinski definition) is 2. The normalized spacial score (nSPS) is 13.0. The summed E-state index contributed by atoms with van der Waals surface area (Å²) in [6, 6.07) is 75.8. The highest BCUT2D eigenvalue weighted by molar-refractivity contribution is 7.26. The molecule has 0 radical (unpaired) electrons. The summed E-state index contributed by atoms with van der Waals surface area (Å²) in [5, 5.41) is 5.16. The van der Waals surface area contributed by atoms with E-state index in [2.05, 4.69) is 230 Å². The Balaban J connectivity index is 1.00. The van der Waals surface area contributed by atoms with Gasteiger partial charge in [0.25, 0.3) is 0 Å². The second kappa shape index (κ2) is 13.4. The molecule has 2 nitrogen and oxygen atoms in total. The number of anilines is 3. The molecule has 1 aliphatic rings. The Hall–Kier alpha value is -7.20. The lowest BCUT2D eigenvalue weighted by Gasteiger charge is -2.25. The Morgan fingerprint density at radius 1 is 0.383 bits per heavy atom. The van der Waals surface area contributed by atoms with E-state index in [9.17, 15) is 0 Å². The van der Waals surface area contributed by atoms with Gasteiger partial charge in [-0.15, -0.1) is 11.3 Å². The molecular formula is C57H40N2S. The van der Waals surface area contributed by atoms with Crippen molar-refractivity contribution in [2.24, 2.45) is 0 Å². The van der Waals surface area contributed by atoms with Gasteiger partial charge in [-0.05, 0) is 117 Å². The lowest BCUT2D eigenvalue weighted by molar-refractivity contribution is 0.661. The molecule has 0 amide bonds. The second-order valence-corrected chi connectivity index (χ2v) is 17.5. The third-order valence-corrected chi connectivity index (χ3v) is 14.1. The molecule has 1 aliphatic carbocycles. The minimum Gasteiger partial charge on any atom is -0.311 e. The van der Waals surface area contributed by atoms with Crippen molar-refractivity contribution < 1.29 is 0 Å². The Kier molecular flexibility index (Phi) is 7.79. The maximum Gasteiger partial charge on any atom is 0.0544 e. The van der Waals surface area contributed by atoms with Gasteiger partial charge in [-0.1, -0.05) is 147 Å². The molecule has 11 aromatic rings. The molecule has 284 valence electrons. The van der Waals surface area contributed by atoms with E-state index in [4.69, 9.17) is 0 Å². The van der Waals surface area contributed by atoms with E-state index >= 15 is 0 Å². The molecule has 0 N–H and O–H groups in total. The van der Waals surface area contributed by atoms with Gasteiger partial charge in [0, 0.05) is 59.1 Å². The maximum absolute atomic E-state index is 2.47. The van der Waals surface area contributed by atoms with Crippen molar-refractivity contribution in [3.05, 3.63) is 217 Å². The number of para-hydroxylation sites is 3. The van der Waals surface area contributed by atoms with Crippen LogP contribution in [0.5, 0.6) is 0 Å². The van der Waals surface area contributed by atoms with Gasteiger partial charge in [0.1, 0.15) is 0 Å². The van der Waals surface area contributed by atoms with Gasteiger partial charge in [-0.2, -0.15) is 0 Å². The van der Waals surface area contributed by atoms with Crippen molar-refractivity contribution in [3.63, 3.8) is 0 Å². The SMILES string of the molecule is CC1(C)c2ccccc2-c2cc3c4cc(-c5cccc6c5sc5c(-c7ccc(N(c8ccccc8)c8ccccc8)cc7)cccc56)ccc4n(-c4ccccc4)c3cc21. The molecule has 0 spiro atoms. The average Bonchev–Trinajstić information content (AvgIpc) is 3.92. The predicted octanol–water partition coefficient (Wildman–Crippen LogP) is 16.3. The Morgan fingerprint density at radius 3 is 1.58 bits per heavy atom. The summed E-state index contributed by atoms with van der Waals surface area (Å²) in [5.74, 6) is 0. The number of thiophene rings is 1. The van der Waals surface area contributed by atoms with Crippen molar-refractivity contribution in [1.82, 2.24) is 4.57 Å². The van der Waals surface area contributed by atoms with Crippen LogP contribution >= 0.6 is 11.3 Å². The lowest BCUT2D eigenvalue weighted by atomic mass is 9.82. The standard InChI is InChI=1S/C57H40N2S/c1-57(2)51-27-13-12-22-45(51)48-35-50-49-34-38(30-33-53(49)59(54(50)36-52(48)57)41-20-10-5-11-21-41)44-24-15-26-47-46-25-14-23-43(55(46)60-56(44)47)37-28-31-42(32-29-37)58(39-16-6-3-7-17-39)40-18-8-4-9-19-40/h3-36H,1-2H3. The third-order valence-electron chi connectivity index (χ3n) is 12.8. The molecule has 12 rings (SSSR count). The van der Waals surface area contributed by atoms with Crippen molar-refractivity contribution in [2.45, 2.75) is 19.3 Å². The van der Waals surface area contributed by atoms with Gasteiger partial charge in [0.2, 0.25) is 0 Å². The smallest absolute Gasteiger partial charge is 0.0544 e. The van der Waals surface area contributed by atoms with Crippen LogP contribution in [0.1, 0.15) is 25.0 Å². The molecule has 0 aliphatic heterocycles. The van der Waals surface area contributed by atoms with Gasteiger partial charge in [0.05, 0.1) is 11.0 Å². The van der Waals surface area contributed by atoms with E-state index < -0.39 is 0 Å². The minimum atomic E-state index is -0.0777. The van der Waals surface area contributed by atoms with Crippen LogP contribution in [0.4, 0.5) is 17.1 Å². The molecule has 0 saturated heterocycles. The topological polar surface area (TPSA) is 8.17 Å². The van der Waals surface area contributed by atoms with Crippen molar-refractivity contribution in [1.29, 1.82) is 0 Å². The molecule has 0 atom stereocenters. The highest BCUT2D eigenvalue weighted by Gasteiger charge is 2.36. The highest BCUT2D eigenvalue weighted by Crippen LogP contribution is 2.52. The van der Waals surface area contributed by atoms with Gasteiger partial charge < -0.3 is 9.47 Å². The van der Waals surface area contributed by atoms with Gasteiger partial charge in [-0.3, -0.25) is 0 Å². The predicted molar refractivity (Wildman–Crippen MR) is 257 cm³/mol. The van der Waals surface area contributed by atoms with Crippen molar-refractivity contribution >= 4 is 70.4 Å². The van der Waals surface area contributed by atoms with Crippen molar-refractivity contribution in [3.8, 4) is 39.1 Å². The molecule has 0 fully saturated rings. The monoisotopic (exact) mass is 784 g/mol. The van der Waals surface area contributed by atoms with Crippen LogP contribution in [0.25, 0.3) is 81.0 Å². The average molecular weight is 785 g/mol. The van der Waals surface area contributed by atoms with E-state index in [0.717, 1.165) is 17.1 Å². The van der Waals surface area contributed by atoms with Crippen LogP contribution in [0.3, 0.4) is 0 Å². The Morgan fingerprint density at radius 2 is 0.917 bits per heavy atom. The van der Waals surface area contributed by atoms with E-state index in [1.54, 1.807) is 0 Å². The summed E-state index contributed by atoms with van der Waals surface area (Å²) in [6.45, 7) is 4.74. The zero-order valence-electron chi connectivity index (χ0n) is 33.4. The summed E-state index contributed by atoms with van der Waals surface area (Å²) in [6.07, 6.45) is 0. The number of nitrogens with zero attached hydrogens (tertiary/aromatic N) is 2. The van der Waals surface area contributed by atoms with Crippen LogP contribution in [0, 0.1) is 0 Å². The van der Waals surface area contributed by atoms with E-state index in [-0.39, 0.29) is 5.41 Å². The number of aromatic nitrogens is 1. The fourth-order valence-electron chi connectivity index (χ4n) is 9.90. The molecule has 2 heterocycles. The third kappa shape index (κ3) is 5.26. The van der Waals surface area contributed by atoms with Gasteiger partial charge in [0.15, 0.2) is 0 Å². The summed E-state index contributed by atoms with van der Waals surface area (Å²) in [7, 11) is 0. The summed E-state index contributed by atoms with van der Waals surface area (Å²) >= 11 is 1.91. The zero-order valence-corrected chi connectivity index (χ0v) is 34.2. The molecule has 0 unspecified atom stereocenters. The molecule has 0 saturated carbocycles. The Labute approximate surface area is 353 Å². The second-order valence-electron chi connectivity index (χ2n) is 16.5. The van der Waals surface area contributed by atoms with Crippen LogP contribution in [0.15, 0.2) is 206 Å². The summed E-state index contributed by atoms with van der Waals surface area (Å²) < 4.78 is 5.09. The first-order valence-electron chi connectivity index (χ1n) is 20.8. The molecule has 9 aromatic carbocycles. The van der Waals surface area contributed by atoms with Crippen LogP contribution in [-0.4, -0.2) is 4.57 Å². The van der Waals surface area contributed by atoms with Gasteiger partial charge in [-0.25, -0.2) is 0 Å². The quantitative estimate of drug-likeness (QED) is 0.163. The lowest BCUT2D eigenvalue weighted by Crippen LogP contribution is -2.14. The van der Waals surface area contributed by atoms with Crippen LogP contribution < -0.4 is 4.90 Å². The number of hydrogen-bond donors (Lipinski definition) is 0. The summed E-state index contributed by atoms with van der Waals surface area (Å²) in [5.41, 5.74) is 17.4. The first-order chi connectivity index (χ1) is 29.5.